The molecular formula is C13H19ClN2O4S. The van der Waals surface area contributed by atoms with Crippen molar-refractivity contribution in [3.63, 3.8) is 0 Å². The van der Waals surface area contributed by atoms with E-state index >= 15 is 0 Å². The highest BCUT2D eigenvalue weighted by Crippen LogP contribution is 2.25. The summed E-state index contributed by atoms with van der Waals surface area (Å²) in [5, 5.41) is 2.94. The third-order valence-electron chi connectivity index (χ3n) is 2.70. The molecule has 1 aromatic rings. The predicted octanol–water partition coefficient (Wildman–Crippen LogP) is 2.16. The Labute approximate surface area is 130 Å². The van der Waals surface area contributed by atoms with Gasteiger partial charge < -0.3 is 10.1 Å². The van der Waals surface area contributed by atoms with Gasteiger partial charge in [-0.3, -0.25) is 4.31 Å². The molecule has 1 aromatic carbocycles. The lowest BCUT2D eigenvalue weighted by Gasteiger charge is -2.24. The topological polar surface area (TPSA) is 75.7 Å². The van der Waals surface area contributed by atoms with Crippen LogP contribution in [-0.4, -0.2) is 40.5 Å². The van der Waals surface area contributed by atoms with Crippen LogP contribution in [-0.2, 0) is 14.8 Å². The Balaban J connectivity index is 2.88. The molecule has 1 amide bonds. The maximum Gasteiger partial charge on any atom is 0.407 e. The number of anilines is 1. The van der Waals surface area contributed by atoms with Crippen molar-refractivity contribution in [1.82, 2.24) is 5.32 Å². The zero-order chi connectivity index (χ0) is 16.0. The second-order valence-corrected chi connectivity index (χ2v) is 6.76. The van der Waals surface area contributed by atoms with Gasteiger partial charge in [0.2, 0.25) is 10.0 Å². The Bertz CT molecular complexity index is 604. The van der Waals surface area contributed by atoms with Crippen molar-refractivity contribution in [3.8, 4) is 0 Å². The number of amides is 1. The SMILES string of the molecule is CCOC(=O)NCCN(c1cc(Cl)ccc1C)S(C)(=O)=O. The van der Waals surface area contributed by atoms with Crippen molar-refractivity contribution >= 4 is 33.4 Å². The van der Waals surface area contributed by atoms with Crippen LogP contribution in [0.2, 0.25) is 5.02 Å². The largest absolute Gasteiger partial charge is 0.450 e. The third-order valence-corrected chi connectivity index (χ3v) is 4.11. The molecule has 0 radical (unpaired) electrons. The number of alkyl carbamates (subject to hydrolysis) is 1. The molecule has 0 saturated heterocycles. The van der Waals surface area contributed by atoms with E-state index in [1.54, 1.807) is 32.0 Å². The van der Waals surface area contributed by atoms with E-state index in [-0.39, 0.29) is 19.7 Å². The second-order valence-electron chi connectivity index (χ2n) is 4.41. The normalized spacial score (nSPS) is 11.0. The highest BCUT2D eigenvalue weighted by Gasteiger charge is 2.19. The van der Waals surface area contributed by atoms with E-state index in [0.717, 1.165) is 11.8 Å². The molecular weight excluding hydrogens is 316 g/mol. The molecule has 0 heterocycles. The molecule has 0 atom stereocenters. The number of ether oxygens (including phenoxy) is 1. The Morgan fingerprint density at radius 3 is 2.67 bits per heavy atom. The maximum atomic E-state index is 11.9. The van der Waals surface area contributed by atoms with Crippen molar-refractivity contribution in [2.45, 2.75) is 13.8 Å². The van der Waals surface area contributed by atoms with Gasteiger partial charge >= 0.3 is 6.09 Å². The Morgan fingerprint density at radius 1 is 1.43 bits per heavy atom. The average molecular weight is 335 g/mol. The number of rotatable bonds is 6. The molecule has 8 heteroatoms. The highest BCUT2D eigenvalue weighted by atomic mass is 35.5. The van der Waals surface area contributed by atoms with Crippen molar-refractivity contribution in [2.24, 2.45) is 0 Å². The van der Waals surface area contributed by atoms with Gasteiger partial charge in [0.1, 0.15) is 0 Å². The number of nitrogens with zero attached hydrogens (tertiary/aromatic N) is 1. The summed E-state index contributed by atoms with van der Waals surface area (Å²) >= 11 is 5.93. The van der Waals surface area contributed by atoms with Crippen molar-refractivity contribution in [2.75, 3.05) is 30.3 Å². The predicted molar refractivity (Wildman–Crippen MR) is 83.4 cm³/mol. The number of aryl methyl sites for hydroxylation is 1. The van der Waals surface area contributed by atoms with Gasteiger partial charge in [-0.1, -0.05) is 17.7 Å². The van der Waals surface area contributed by atoms with Crippen LogP contribution in [0.5, 0.6) is 0 Å². The van der Waals surface area contributed by atoms with Gasteiger partial charge in [0, 0.05) is 11.6 Å². The quantitative estimate of drug-likeness (QED) is 0.865. The number of sulfonamides is 1. The van der Waals surface area contributed by atoms with Crippen LogP contribution in [0.15, 0.2) is 18.2 Å². The fraction of sp³-hybridized carbons (Fsp3) is 0.462. The van der Waals surface area contributed by atoms with E-state index in [0.29, 0.717) is 10.7 Å². The number of benzene rings is 1. The first-order valence-electron chi connectivity index (χ1n) is 6.40. The molecule has 0 aromatic heterocycles. The lowest BCUT2D eigenvalue weighted by Crippen LogP contribution is -2.38. The van der Waals surface area contributed by atoms with E-state index < -0.39 is 16.1 Å². The first kappa shape index (κ1) is 17.6. The minimum absolute atomic E-state index is 0.0961. The lowest BCUT2D eigenvalue weighted by molar-refractivity contribution is 0.152. The molecule has 0 aliphatic carbocycles. The monoisotopic (exact) mass is 334 g/mol. The molecule has 1 N–H and O–H groups in total. The summed E-state index contributed by atoms with van der Waals surface area (Å²) in [4.78, 5) is 11.2. The number of hydrogen-bond acceptors (Lipinski definition) is 4. The zero-order valence-electron chi connectivity index (χ0n) is 12.2. The summed E-state index contributed by atoms with van der Waals surface area (Å²) in [6, 6.07) is 5.02. The van der Waals surface area contributed by atoms with Crippen LogP contribution in [0.3, 0.4) is 0 Å². The number of hydrogen-bond donors (Lipinski definition) is 1. The molecule has 0 spiro atoms. The molecule has 6 nitrogen and oxygen atoms in total. The Morgan fingerprint density at radius 2 is 2.10 bits per heavy atom. The highest BCUT2D eigenvalue weighted by molar-refractivity contribution is 7.92. The second kappa shape index (κ2) is 7.51. The Kier molecular flexibility index (Phi) is 6.29. The molecule has 0 unspecified atom stereocenters. The molecule has 0 aliphatic rings. The van der Waals surface area contributed by atoms with E-state index in [4.69, 9.17) is 16.3 Å². The summed E-state index contributed by atoms with van der Waals surface area (Å²) < 4.78 is 29.8. The zero-order valence-corrected chi connectivity index (χ0v) is 13.8. The minimum Gasteiger partial charge on any atom is -0.450 e. The molecule has 0 fully saturated rings. The molecule has 21 heavy (non-hydrogen) atoms. The summed E-state index contributed by atoms with van der Waals surface area (Å²) in [7, 11) is -3.48. The summed E-state index contributed by atoms with van der Waals surface area (Å²) in [6.45, 7) is 3.98. The smallest absolute Gasteiger partial charge is 0.407 e. The van der Waals surface area contributed by atoms with Crippen molar-refractivity contribution in [1.29, 1.82) is 0 Å². The van der Waals surface area contributed by atoms with Gasteiger partial charge in [-0.25, -0.2) is 13.2 Å². The van der Waals surface area contributed by atoms with Crippen LogP contribution in [0.1, 0.15) is 12.5 Å². The van der Waals surface area contributed by atoms with Crippen LogP contribution < -0.4 is 9.62 Å². The van der Waals surface area contributed by atoms with Gasteiger partial charge in [0.05, 0.1) is 25.1 Å². The number of nitrogens with one attached hydrogen (secondary N) is 1. The van der Waals surface area contributed by atoms with Crippen LogP contribution in [0, 0.1) is 6.92 Å². The molecule has 0 aliphatic heterocycles. The number of carbonyl (C=O) groups excluding carboxylic acids is 1. The average Bonchev–Trinajstić information content (AvgIpc) is 2.37. The molecule has 118 valence electrons. The summed E-state index contributed by atoms with van der Waals surface area (Å²) in [5.41, 5.74) is 1.27. The van der Waals surface area contributed by atoms with Crippen molar-refractivity contribution < 1.29 is 17.9 Å². The standard InChI is InChI=1S/C13H19ClN2O4S/c1-4-20-13(17)15-7-8-16(21(3,18)19)12-9-11(14)6-5-10(12)2/h5-6,9H,4,7-8H2,1-3H3,(H,15,17). The first-order valence-corrected chi connectivity index (χ1v) is 8.62. The first-order chi connectivity index (χ1) is 9.75. The summed E-state index contributed by atoms with van der Waals surface area (Å²) in [6.07, 6.45) is 0.534. The van der Waals surface area contributed by atoms with Gasteiger partial charge in [-0.05, 0) is 31.5 Å². The van der Waals surface area contributed by atoms with Gasteiger partial charge in [0.25, 0.3) is 0 Å². The molecule has 1 rings (SSSR count). The van der Waals surface area contributed by atoms with Gasteiger partial charge in [0.15, 0.2) is 0 Å². The number of carbonyl (C=O) groups is 1. The van der Waals surface area contributed by atoms with E-state index in [1.807, 2.05) is 0 Å². The summed E-state index contributed by atoms with van der Waals surface area (Å²) in [5.74, 6) is 0. The number of halogens is 1. The van der Waals surface area contributed by atoms with E-state index in [1.165, 1.54) is 4.31 Å². The van der Waals surface area contributed by atoms with E-state index in [9.17, 15) is 13.2 Å². The third kappa shape index (κ3) is 5.43. The van der Waals surface area contributed by atoms with Crippen LogP contribution in [0.25, 0.3) is 0 Å². The van der Waals surface area contributed by atoms with Crippen LogP contribution in [0.4, 0.5) is 10.5 Å². The fourth-order valence-electron chi connectivity index (χ4n) is 1.76. The molecule has 0 bridgehead atoms. The van der Waals surface area contributed by atoms with Crippen molar-refractivity contribution in [3.05, 3.63) is 28.8 Å². The maximum absolute atomic E-state index is 11.9. The molecule has 0 saturated carbocycles. The van der Waals surface area contributed by atoms with Crippen LogP contribution >= 0.6 is 11.6 Å². The van der Waals surface area contributed by atoms with Gasteiger partial charge in [-0.15, -0.1) is 0 Å². The minimum atomic E-state index is -3.48. The van der Waals surface area contributed by atoms with E-state index in [2.05, 4.69) is 5.32 Å². The Hall–Kier alpha value is -1.47. The lowest BCUT2D eigenvalue weighted by atomic mass is 10.2. The van der Waals surface area contributed by atoms with Gasteiger partial charge in [-0.2, -0.15) is 0 Å². The fourth-order valence-corrected chi connectivity index (χ4v) is 2.90.